The van der Waals surface area contributed by atoms with Gasteiger partial charge < -0.3 is 35.0 Å². The van der Waals surface area contributed by atoms with Crippen molar-refractivity contribution in [1.82, 2.24) is 0 Å². The van der Waals surface area contributed by atoms with Gasteiger partial charge in [-0.2, -0.15) is 0 Å². The van der Waals surface area contributed by atoms with Gasteiger partial charge in [-0.1, -0.05) is 135 Å². The van der Waals surface area contributed by atoms with E-state index in [0.717, 1.165) is 12.8 Å². The second-order valence-corrected chi connectivity index (χ2v) is 12.1. The summed E-state index contributed by atoms with van der Waals surface area (Å²) in [5, 5.41) is 48.8. The van der Waals surface area contributed by atoms with Crippen LogP contribution in [0.5, 0.6) is 0 Å². The third-order valence-corrected chi connectivity index (χ3v) is 8.18. The number of nitrogens with zero attached hydrogens (tertiary/aromatic N) is 1. The molecule has 1 rings (SSSR count). The summed E-state index contributed by atoms with van der Waals surface area (Å²) in [6.07, 6.45) is 24.1. The minimum Gasteiger partial charge on any atom is -0.394 e. The number of aliphatic imine (C=N–C) groups is 1. The summed E-state index contributed by atoms with van der Waals surface area (Å²) in [5.74, 6) is 0. The molecule has 6 atom stereocenters. The van der Waals surface area contributed by atoms with Gasteiger partial charge >= 0.3 is 0 Å². The van der Waals surface area contributed by atoms with Crippen molar-refractivity contribution in [2.45, 2.75) is 185 Å². The van der Waals surface area contributed by atoms with Gasteiger partial charge in [0.05, 0.1) is 25.9 Å². The predicted molar refractivity (Wildman–Crippen MR) is 166 cm³/mol. The van der Waals surface area contributed by atoms with Crippen LogP contribution in [0.2, 0.25) is 0 Å². The Hall–Kier alpha value is -0.610. The average Bonchev–Trinajstić information content (AvgIpc) is 2.97. The molecule has 0 aromatic heterocycles. The first-order valence-electron chi connectivity index (χ1n) is 17.1. The van der Waals surface area contributed by atoms with Crippen LogP contribution in [0.15, 0.2) is 4.99 Å². The molecule has 1 saturated heterocycles. The number of aliphatic hydroxyl groups excluding tert-OH is 5. The number of aliphatic hydroxyl groups is 5. The van der Waals surface area contributed by atoms with Crippen LogP contribution in [0.4, 0.5) is 0 Å². The van der Waals surface area contributed by atoms with Crippen LogP contribution in [-0.2, 0) is 9.47 Å². The summed E-state index contributed by atoms with van der Waals surface area (Å²) in [6, 6.07) is 0. The van der Waals surface area contributed by atoms with Crippen LogP contribution in [0, 0.1) is 0 Å². The summed E-state index contributed by atoms with van der Waals surface area (Å²) in [5.41, 5.74) is 0. The van der Waals surface area contributed by atoms with E-state index in [1.165, 1.54) is 128 Å². The van der Waals surface area contributed by atoms with Gasteiger partial charge in [-0.15, -0.1) is 0 Å². The zero-order valence-electron chi connectivity index (χ0n) is 26.2. The van der Waals surface area contributed by atoms with E-state index in [4.69, 9.17) is 9.47 Å². The highest BCUT2D eigenvalue weighted by Gasteiger charge is 2.44. The highest BCUT2D eigenvalue weighted by atomic mass is 16.7. The van der Waals surface area contributed by atoms with Gasteiger partial charge in [0.2, 0.25) is 0 Å². The molecule has 0 aliphatic carbocycles. The van der Waals surface area contributed by atoms with Crippen LogP contribution < -0.4 is 0 Å². The van der Waals surface area contributed by atoms with Crippen LogP contribution in [0.25, 0.3) is 0 Å². The maximum atomic E-state index is 10.0. The van der Waals surface area contributed by atoms with Gasteiger partial charge in [0.1, 0.15) is 24.4 Å². The quantitative estimate of drug-likeness (QED) is 0.0574. The lowest BCUT2D eigenvalue weighted by Crippen LogP contribution is -2.59. The van der Waals surface area contributed by atoms with E-state index in [-0.39, 0.29) is 13.2 Å². The molecule has 8 nitrogen and oxygen atoms in total. The summed E-state index contributed by atoms with van der Waals surface area (Å²) >= 11 is 0. The van der Waals surface area contributed by atoms with E-state index in [0.29, 0.717) is 0 Å². The van der Waals surface area contributed by atoms with Crippen molar-refractivity contribution < 1.29 is 35.0 Å². The third-order valence-electron chi connectivity index (χ3n) is 8.18. The molecule has 0 bridgehead atoms. The van der Waals surface area contributed by atoms with Crippen LogP contribution in [-0.4, -0.2) is 88.3 Å². The standard InChI is InChI=1S/C33H65NO7/c1-2-3-4-5-6-7-8-9-10-11-12-13-14-15-16-17-18-19-20-21-22-23-24-34-25-28(36)27-40-33-32(39)31(38)30(37)29(26-35)41-33/h24,28-33,35-39H,2-23,25-27H2,1H3/t28?,29-,30+,31+,32-,33-/m1/s1. The van der Waals surface area contributed by atoms with Crippen molar-refractivity contribution in [3.63, 3.8) is 0 Å². The van der Waals surface area contributed by atoms with Crippen LogP contribution in [0.1, 0.15) is 148 Å². The molecular weight excluding hydrogens is 522 g/mol. The van der Waals surface area contributed by atoms with Gasteiger partial charge in [0.25, 0.3) is 0 Å². The molecule has 1 heterocycles. The second-order valence-electron chi connectivity index (χ2n) is 12.1. The van der Waals surface area contributed by atoms with Crippen molar-refractivity contribution >= 4 is 6.21 Å². The normalized spacial score (nSPS) is 23.9. The van der Waals surface area contributed by atoms with E-state index in [1.807, 2.05) is 6.21 Å². The molecule has 0 aromatic carbocycles. The Balaban J connectivity index is 1.82. The average molecular weight is 588 g/mol. The van der Waals surface area contributed by atoms with Crippen molar-refractivity contribution in [3.8, 4) is 0 Å². The Kier molecular flexibility index (Phi) is 25.3. The fourth-order valence-corrected chi connectivity index (χ4v) is 5.42. The van der Waals surface area contributed by atoms with Gasteiger partial charge in [0, 0.05) is 0 Å². The minimum absolute atomic E-state index is 0.139. The van der Waals surface area contributed by atoms with E-state index >= 15 is 0 Å². The van der Waals surface area contributed by atoms with Crippen molar-refractivity contribution in [2.24, 2.45) is 4.99 Å². The van der Waals surface area contributed by atoms with Crippen molar-refractivity contribution in [1.29, 1.82) is 0 Å². The molecule has 1 fully saturated rings. The highest BCUT2D eigenvalue weighted by Crippen LogP contribution is 2.22. The molecule has 1 aliphatic heterocycles. The molecule has 0 aromatic rings. The van der Waals surface area contributed by atoms with Crippen LogP contribution in [0.3, 0.4) is 0 Å². The molecule has 1 unspecified atom stereocenters. The molecule has 244 valence electrons. The van der Waals surface area contributed by atoms with Crippen molar-refractivity contribution in [3.05, 3.63) is 0 Å². The first kappa shape index (κ1) is 38.4. The summed E-state index contributed by atoms with van der Waals surface area (Å²) in [7, 11) is 0. The Labute approximate surface area is 251 Å². The third kappa shape index (κ3) is 20.1. The Morgan fingerprint density at radius 1 is 0.659 bits per heavy atom. The molecule has 0 saturated carbocycles. The molecule has 0 radical (unpaired) electrons. The number of unbranched alkanes of at least 4 members (excludes halogenated alkanes) is 21. The second kappa shape index (κ2) is 27.0. The lowest BCUT2D eigenvalue weighted by Gasteiger charge is -2.39. The summed E-state index contributed by atoms with van der Waals surface area (Å²) < 4.78 is 10.6. The lowest BCUT2D eigenvalue weighted by atomic mass is 9.99. The molecule has 0 amide bonds. The lowest BCUT2D eigenvalue weighted by molar-refractivity contribution is -0.304. The van der Waals surface area contributed by atoms with E-state index < -0.39 is 43.4 Å². The zero-order valence-corrected chi connectivity index (χ0v) is 26.2. The van der Waals surface area contributed by atoms with Crippen LogP contribution >= 0.6 is 0 Å². The Morgan fingerprint density at radius 3 is 1.54 bits per heavy atom. The minimum atomic E-state index is -1.49. The predicted octanol–water partition coefficient (Wildman–Crippen LogP) is 5.84. The molecule has 8 heteroatoms. The summed E-state index contributed by atoms with van der Waals surface area (Å²) in [6.45, 7) is 1.80. The van der Waals surface area contributed by atoms with Crippen molar-refractivity contribution in [2.75, 3.05) is 19.8 Å². The van der Waals surface area contributed by atoms with Gasteiger partial charge in [-0.25, -0.2) is 0 Å². The molecule has 5 N–H and O–H groups in total. The van der Waals surface area contributed by atoms with Gasteiger partial charge in [-0.05, 0) is 19.1 Å². The number of hydrogen-bond donors (Lipinski definition) is 5. The first-order valence-corrected chi connectivity index (χ1v) is 17.1. The molecule has 41 heavy (non-hydrogen) atoms. The fourth-order valence-electron chi connectivity index (χ4n) is 5.42. The fraction of sp³-hybridized carbons (Fsp3) is 0.970. The SMILES string of the molecule is CCCCCCCCCCCCCCCCCCCCCCCC=NCC(O)CO[C@@H]1O[C@H](CO)[C@H](O)[C@H](O)[C@H]1O. The first-order chi connectivity index (χ1) is 20.0. The van der Waals surface area contributed by atoms with E-state index in [2.05, 4.69) is 11.9 Å². The molecule has 0 spiro atoms. The highest BCUT2D eigenvalue weighted by molar-refractivity contribution is 5.56. The number of rotatable bonds is 28. The van der Waals surface area contributed by atoms with E-state index in [9.17, 15) is 25.5 Å². The van der Waals surface area contributed by atoms with Gasteiger partial charge in [-0.3, -0.25) is 4.99 Å². The zero-order chi connectivity index (χ0) is 30.0. The molecule has 1 aliphatic rings. The number of ether oxygens (including phenoxy) is 2. The summed E-state index contributed by atoms with van der Waals surface area (Å²) in [4.78, 5) is 4.25. The maximum absolute atomic E-state index is 10.0. The topological polar surface area (TPSA) is 132 Å². The Bertz CT molecular complexity index is 592. The smallest absolute Gasteiger partial charge is 0.186 e. The van der Waals surface area contributed by atoms with E-state index in [1.54, 1.807) is 0 Å². The van der Waals surface area contributed by atoms with Gasteiger partial charge in [0.15, 0.2) is 6.29 Å². The molecular formula is C33H65NO7. The Morgan fingerprint density at radius 2 is 1.10 bits per heavy atom. The monoisotopic (exact) mass is 587 g/mol. The largest absolute Gasteiger partial charge is 0.394 e. The number of hydrogen-bond acceptors (Lipinski definition) is 8. The maximum Gasteiger partial charge on any atom is 0.186 e.